The maximum absolute atomic E-state index is 5.55. The summed E-state index contributed by atoms with van der Waals surface area (Å²) in [5.41, 5.74) is 2.73. The molecule has 1 heterocycles. The molecule has 0 unspecified atom stereocenters. The number of fused-ring (bicyclic) bond motifs is 1. The van der Waals surface area contributed by atoms with E-state index in [-0.39, 0.29) is 0 Å². The fourth-order valence-corrected chi connectivity index (χ4v) is 3.10. The third kappa shape index (κ3) is 3.30. The Morgan fingerprint density at radius 3 is 2.00 bits per heavy atom. The van der Waals surface area contributed by atoms with Crippen LogP contribution in [0.5, 0.6) is 23.0 Å². The molecule has 3 rings (SSSR count). The maximum Gasteiger partial charge on any atom is 0.187 e. The van der Waals surface area contributed by atoms with E-state index < -0.39 is 0 Å². The highest BCUT2D eigenvalue weighted by Gasteiger charge is 2.17. The first-order valence-electron chi connectivity index (χ1n) is 8.49. The zero-order chi connectivity index (χ0) is 19.6. The van der Waals surface area contributed by atoms with Crippen molar-refractivity contribution in [3.8, 4) is 34.1 Å². The van der Waals surface area contributed by atoms with Crippen LogP contribution in [0.1, 0.15) is 0 Å². The first kappa shape index (κ1) is 18.6. The summed E-state index contributed by atoms with van der Waals surface area (Å²) in [6.45, 7) is 0. The number of pyridine rings is 1. The van der Waals surface area contributed by atoms with Gasteiger partial charge in [0.2, 0.25) is 0 Å². The van der Waals surface area contributed by atoms with Gasteiger partial charge in [0.25, 0.3) is 0 Å². The lowest BCUT2D eigenvalue weighted by Gasteiger charge is -2.19. The number of rotatable bonds is 6. The van der Waals surface area contributed by atoms with Crippen molar-refractivity contribution in [2.45, 2.75) is 0 Å². The number of hydrogen-bond donors (Lipinski definition) is 0. The Kier molecular flexibility index (Phi) is 5.26. The Morgan fingerprint density at radius 2 is 1.41 bits per heavy atom. The van der Waals surface area contributed by atoms with Gasteiger partial charge < -0.3 is 23.8 Å². The standard InChI is InChI=1S/C21H24N2O4/c1-23(2)21-15(13-7-9-16(24-3)18(12-13)26-5)11-14-8-10-17(25-4)20(27-6)19(14)22-21/h7-12H,1-6H3. The molecule has 2 aromatic carbocycles. The summed E-state index contributed by atoms with van der Waals surface area (Å²) in [6.07, 6.45) is 0. The van der Waals surface area contributed by atoms with E-state index >= 15 is 0 Å². The van der Waals surface area contributed by atoms with Crippen LogP contribution in [0.25, 0.3) is 22.0 Å². The highest BCUT2D eigenvalue weighted by molar-refractivity contribution is 5.94. The quantitative estimate of drug-likeness (QED) is 0.655. The van der Waals surface area contributed by atoms with Gasteiger partial charge in [-0.05, 0) is 35.9 Å². The van der Waals surface area contributed by atoms with Crippen LogP contribution < -0.4 is 23.8 Å². The van der Waals surface area contributed by atoms with Crippen LogP contribution in [0.4, 0.5) is 5.82 Å². The second-order valence-electron chi connectivity index (χ2n) is 6.20. The average Bonchev–Trinajstić information content (AvgIpc) is 2.70. The zero-order valence-electron chi connectivity index (χ0n) is 16.5. The largest absolute Gasteiger partial charge is 0.493 e. The van der Waals surface area contributed by atoms with Crippen LogP contribution in [-0.4, -0.2) is 47.5 Å². The SMILES string of the molecule is COc1ccc(-c2cc3ccc(OC)c(OC)c3nc2N(C)C)cc1OC. The molecule has 0 saturated carbocycles. The normalized spacial score (nSPS) is 10.6. The maximum atomic E-state index is 5.55. The Bertz CT molecular complexity index is 970. The number of nitrogens with zero attached hydrogens (tertiary/aromatic N) is 2. The fraction of sp³-hybridized carbons (Fsp3) is 0.286. The number of ether oxygens (including phenoxy) is 4. The van der Waals surface area contributed by atoms with Gasteiger partial charge >= 0.3 is 0 Å². The van der Waals surface area contributed by atoms with Gasteiger partial charge in [0.05, 0.1) is 28.4 Å². The third-order valence-electron chi connectivity index (χ3n) is 4.43. The highest BCUT2D eigenvalue weighted by atomic mass is 16.5. The Hall–Kier alpha value is -3.15. The van der Waals surface area contributed by atoms with Crippen molar-refractivity contribution in [1.29, 1.82) is 0 Å². The smallest absolute Gasteiger partial charge is 0.187 e. The van der Waals surface area contributed by atoms with Gasteiger partial charge in [-0.3, -0.25) is 0 Å². The van der Waals surface area contributed by atoms with Gasteiger partial charge in [-0.1, -0.05) is 6.07 Å². The molecule has 6 heteroatoms. The molecule has 0 fully saturated rings. The van der Waals surface area contributed by atoms with E-state index in [0.717, 1.165) is 27.8 Å². The third-order valence-corrected chi connectivity index (χ3v) is 4.43. The summed E-state index contributed by atoms with van der Waals surface area (Å²) in [6, 6.07) is 11.8. The van der Waals surface area contributed by atoms with Crippen molar-refractivity contribution in [1.82, 2.24) is 4.98 Å². The van der Waals surface area contributed by atoms with E-state index in [9.17, 15) is 0 Å². The van der Waals surface area contributed by atoms with Crippen molar-refractivity contribution in [2.75, 3.05) is 47.4 Å². The molecule has 0 spiro atoms. The van der Waals surface area contributed by atoms with Gasteiger partial charge in [0.1, 0.15) is 11.3 Å². The Morgan fingerprint density at radius 1 is 0.741 bits per heavy atom. The van der Waals surface area contributed by atoms with Crippen LogP contribution in [0.2, 0.25) is 0 Å². The minimum Gasteiger partial charge on any atom is -0.493 e. The number of methoxy groups -OCH3 is 4. The number of benzene rings is 2. The highest BCUT2D eigenvalue weighted by Crippen LogP contribution is 2.40. The van der Waals surface area contributed by atoms with Gasteiger partial charge in [-0.15, -0.1) is 0 Å². The molecule has 0 aliphatic carbocycles. The number of anilines is 1. The predicted octanol–water partition coefficient (Wildman–Crippen LogP) is 4.00. The molecular formula is C21H24N2O4. The van der Waals surface area contributed by atoms with E-state index in [1.807, 2.05) is 49.3 Å². The predicted molar refractivity (Wildman–Crippen MR) is 108 cm³/mol. The Labute approximate surface area is 159 Å². The van der Waals surface area contributed by atoms with Crippen LogP contribution >= 0.6 is 0 Å². The minimum absolute atomic E-state index is 0.622. The summed E-state index contributed by atoms with van der Waals surface area (Å²) in [5.74, 6) is 3.46. The summed E-state index contributed by atoms with van der Waals surface area (Å²) in [5, 5.41) is 0.961. The molecule has 0 bridgehead atoms. The molecular weight excluding hydrogens is 344 g/mol. The lowest BCUT2D eigenvalue weighted by atomic mass is 10.0. The van der Waals surface area contributed by atoms with Crippen LogP contribution in [0, 0.1) is 0 Å². The zero-order valence-corrected chi connectivity index (χ0v) is 16.5. The van der Waals surface area contributed by atoms with Crippen molar-refractivity contribution < 1.29 is 18.9 Å². The molecule has 0 radical (unpaired) electrons. The van der Waals surface area contributed by atoms with Crippen LogP contribution in [0.3, 0.4) is 0 Å². The molecule has 0 amide bonds. The first-order valence-corrected chi connectivity index (χ1v) is 8.49. The van der Waals surface area contributed by atoms with Crippen LogP contribution in [0.15, 0.2) is 36.4 Å². The molecule has 0 aliphatic heterocycles. The van der Waals surface area contributed by atoms with Crippen LogP contribution in [-0.2, 0) is 0 Å². The van der Waals surface area contributed by atoms with E-state index in [1.54, 1.807) is 28.4 Å². The molecule has 142 valence electrons. The second kappa shape index (κ2) is 7.61. The lowest BCUT2D eigenvalue weighted by Crippen LogP contribution is -2.12. The van der Waals surface area contributed by atoms with E-state index in [0.29, 0.717) is 23.0 Å². The topological polar surface area (TPSA) is 53.0 Å². The number of hydrogen-bond acceptors (Lipinski definition) is 6. The second-order valence-corrected chi connectivity index (χ2v) is 6.20. The van der Waals surface area contributed by atoms with E-state index in [4.69, 9.17) is 23.9 Å². The van der Waals surface area contributed by atoms with Crippen molar-refractivity contribution in [2.24, 2.45) is 0 Å². The lowest BCUT2D eigenvalue weighted by molar-refractivity contribution is 0.355. The molecule has 0 saturated heterocycles. The average molecular weight is 368 g/mol. The molecule has 0 aliphatic rings. The molecule has 27 heavy (non-hydrogen) atoms. The van der Waals surface area contributed by atoms with Gasteiger partial charge in [-0.2, -0.15) is 0 Å². The molecule has 6 nitrogen and oxygen atoms in total. The summed E-state index contributed by atoms with van der Waals surface area (Å²) in [4.78, 5) is 6.85. The van der Waals surface area contributed by atoms with Gasteiger partial charge in [0, 0.05) is 25.0 Å². The Balaban J connectivity index is 2.28. The van der Waals surface area contributed by atoms with E-state index in [2.05, 4.69) is 6.07 Å². The van der Waals surface area contributed by atoms with Crippen molar-refractivity contribution >= 4 is 16.7 Å². The molecule has 0 N–H and O–H groups in total. The summed E-state index contributed by atoms with van der Waals surface area (Å²) < 4.78 is 21.8. The first-order chi connectivity index (χ1) is 13.0. The van der Waals surface area contributed by atoms with Gasteiger partial charge in [-0.25, -0.2) is 4.98 Å². The molecule has 0 atom stereocenters. The monoisotopic (exact) mass is 368 g/mol. The summed E-state index contributed by atoms with van der Waals surface area (Å²) >= 11 is 0. The van der Waals surface area contributed by atoms with Gasteiger partial charge in [0.15, 0.2) is 23.0 Å². The number of aromatic nitrogens is 1. The molecule has 1 aromatic heterocycles. The summed E-state index contributed by atoms with van der Waals surface area (Å²) in [7, 11) is 10.4. The molecule has 3 aromatic rings. The van der Waals surface area contributed by atoms with Crippen molar-refractivity contribution in [3.63, 3.8) is 0 Å². The minimum atomic E-state index is 0.622. The fourth-order valence-electron chi connectivity index (χ4n) is 3.10. The van der Waals surface area contributed by atoms with E-state index in [1.165, 1.54) is 0 Å². The van der Waals surface area contributed by atoms with Crippen molar-refractivity contribution in [3.05, 3.63) is 36.4 Å².